The molecule has 25 heavy (non-hydrogen) atoms. The van der Waals surface area contributed by atoms with E-state index in [0.29, 0.717) is 11.6 Å². The number of hydrogen-bond acceptors (Lipinski definition) is 4. The summed E-state index contributed by atoms with van der Waals surface area (Å²) in [6.07, 6.45) is 0.151. The zero-order valence-electron chi connectivity index (χ0n) is 13.7. The molecule has 0 aliphatic carbocycles. The molecule has 2 amide bonds. The Hall–Kier alpha value is -3.35. The molecule has 7 nitrogen and oxygen atoms in total. The van der Waals surface area contributed by atoms with Crippen molar-refractivity contribution in [2.45, 2.75) is 12.8 Å². The van der Waals surface area contributed by atoms with Gasteiger partial charge in [-0.15, -0.1) is 0 Å². The number of H-pyrrole nitrogens is 1. The molecule has 7 heteroatoms. The Morgan fingerprint density at radius 1 is 1.00 bits per heavy atom. The highest BCUT2D eigenvalue weighted by molar-refractivity contribution is 5.85. The van der Waals surface area contributed by atoms with Gasteiger partial charge in [0.1, 0.15) is 11.6 Å². The van der Waals surface area contributed by atoms with E-state index < -0.39 is 0 Å². The minimum absolute atomic E-state index is 0.0453. The number of amides is 2. The number of fused-ring (bicyclic) bond motifs is 1. The predicted molar refractivity (Wildman–Crippen MR) is 92.8 cm³/mol. The van der Waals surface area contributed by atoms with E-state index in [-0.39, 0.29) is 24.7 Å². The molecule has 0 aliphatic heterocycles. The molecule has 128 valence electrons. The standard InChI is InChI=1S/C18H18N4O3/c1-25-15-9-5-2-6-12(15)10-17(23)21-22-18(24)11-16-19-13-7-3-4-8-14(13)20-16/h2-9H,10-11H2,1H3,(H,19,20)(H,21,23)(H,22,24). The average molecular weight is 338 g/mol. The Morgan fingerprint density at radius 3 is 2.44 bits per heavy atom. The van der Waals surface area contributed by atoms with Gasteiger partial charge in [-0.1, -0.05) is 30.3 Å². The van der Waals surface area contributed by atoms with Crippen LogP contribution in [0.4, 0.5) is 0 Å². The first-order valence-corrected chi connectivity index (χ1v) is 7.79. The predicted octanol–water partition coefficient (Wildman–Crippen LogP) is 1.50. The molecule has 3 aromatic rings. The largest absolute Gasteiger partial charge is 0.496 e. The summed E-state index contributed by atoms with van der Waals surface area (Å²) < 4.78 is 5.20. The summed E-state index contributed by atoms with van der Waals surface area (Å²) in [7, 11) is 1.55. The zero-order chi connectivity index (χ0) is 17.6. The second kappa shape index (κ2) is 7.48. The molecule has 3 N–H and O–H groups in total. The maximum atomic E-state index is 12.0. The summed E-state index contributed by atoms with van der Waals surface area (Å²) in [6.45, 7) is 0. The molecule has 0 bridgehead atoms. The fourth-order valence-electron chi connectivity index (χ4n) is 2.49. The lowest BCUT2D eigenvalue weighted by atomic mass is 10.1. The molecule has 1 heterocycles. The number of rotatable bonds is 5. The van der Waals surface area contributed by atoms with Crippen LogP contribution in [0, 0.1) is 0 Å². The Labute approximate surface area is 144 Å². The molecule has 0 fully saturated rings. The molecule has 0 unspecified atom stereocenters. The van der Waals surface area contributed by atoms with Gasteiger partial charge >= 0.3 is 0 Å². The number of methoxy groups -OCH3 is 1. The van der Waals surface area contributed by atoms with Gasteiger partial charge in [-0.25, -0.2) is 4.98 Å². The summed E-state index contributed by atoms with van der Waals surface area (Å²) in [4.78, 5) is 31.3. The minimum Gasteiger partial charge on any atom is -0.496 e. The normalized spacial score (nSPS) is 10.4. The van der Waals surface area contributed by atoms with Gasteiger partial charge in [0, 0.05) is 5.56 Å². The topological polar surface area (TPSA) is 96.1 Å². The van der Waals surface area contributed by atoms with Crippen LogP contribution in [0.5, 0.6) is 5.75 Å². The number of nitrogens with one attached hydrogen (secondary N) is 3. The Morgan fingerprint density at radius 2 is 1.68 bits per heavy atom. The lowest BCUT2D eigenvalue weighted by Gasteiger charge is -2.09. The van der Waals surface area contributed by atoms with Gasteiger partial charge in [0.15, 0.2) is 0 Å². The first-order chi connectivity index (χ1) is 12.2. The quantitative estimate of drug-likeness (QED) is 0.614. The number of ether oxygens (including phenoxy) is 1. The Balaban J connectivity index is 1.52. The first-order valence-electron chi connectivity index (χ1n) is 7.79. The number of carbonyl (C=O) groups excluding carboxylic acids is 2. The molecule has 0 radical (unpaired) electrons. The maximum Gasteiger partial charge on any atom is 0.245 e. The van der Waals surface area contributed by atoms with Crippen molar-refractivity contribution in [3.8, 4) is 5.75 Å². The van der Waals surface area contributed by atoms with Crippen LogP contribution >= 0.6 is 0 Å². The highest BCUT2D eigenvalue weighted by Crippen LogP contribution is 2.17. The van der Waals surface area contributed by atoms with Crippen molar-refractivity contribution in [2.75, 3.05) is 7.11 Å². The Kier molecular flexibility index (Phi) is 4.94. The molecule has 2 aromatic carbocycles. The number of imidazole rings is 1. The van der Waals surface area contributed by atoms with E-state index in [1.54, 1.807) is 19.2 Å². The third kappa shape index (κ3) is 4.14. The molecule has 0 saturated heterocycles. The fraction of sp³-hybridized carbons (Fsp3) is 0.167. The molecular weight excluding hydrogens is 320 g/mol. The van der Waals surface area contributed by atoms with Crippen LogP contribution in [0.3, 0.4) is 0 Å². The molecule has 0 saturated carbocycles. The number of hydrazine groups is 1. The van der Waals surface area contributed by atoms with Crippen LogP contribution in [-0.4, -0.2) is 28.9 Å². The van der Waals surface area contributed by atoms with Crippen LogP contribution < -0.4 is 15.6 Å². The van der Waals surface area contributed by atoms with Crippen molar-refractivity contribution >= 4 is 22.8 Å². The van der Waals surface area contributed by atoms with Crippen molar-refractivity contribution in [3.05, 3.63) is 59.9 Å². The van der Waals surface area contributed by atoms with E-state index in [0.717, 1.165) is 16.6 Å². The van der Waals surface area contributed by atoms with Crippen molar-refractivity contribution in [3.63, 3.8) is 0 Å². The van der Waals surface area contributed by atoms with E-state index in [1.165, 1.54) is 0 Å². The van der Waals surface area contributed by atoms with Crippen molar-refractivity contribution < 1.29 is 14.3 Å². The number of hydrogen-bond donors (Lipinski definition) is 3. The van der Waals surface area contributed by atoms with E-state index in [2.05, 4.69) is 20.8 Å². The monoisotopic (exact) mass is 338 g/mol. The lowest BCUT2D eigenvalue weighted by Crippen LogP contribution is -2.43. The van der Waals surface area contributed by atoms with Gasteiger partial charge in [0.2, 0.25) is 11.8 Å². The van der Waals surface area contributed by atoms with Gasteiger partial charge in [-0.3, -0.25) is 20.4 Å². The van der Waals surface area contributed by atoms with Gasteiger partial charge < -0.3 is 9.72 Å². The Bertz CT molecular complexity index is 871. The summed E-state index contributed by atoms with van der Waals surface area (Å²) in [5.74, 6) is 0.485. The highest BCUT2D eigenvalue weighted by atomic mass is 16.5. The second-order valence-corrected chi connectivity index (χ2v) is 5.46. The van der Waals surface area contributed by atoms with Crippen LogP contribution in [0.15, 0.2) is 48.5 Å². The SMILES string of the molecule is COc1ccccc1CC(=O)NNC(=O)Cc1nc2ccccc2[nH]1. The summed E-state index contributed by atoms with van der Waals surface area (Å²) in [5, 5.41) is 0. The zero-order valence-corrected chi connectivity index (χ0v) is 13.7. The number of nitrogens with zero attached hydrogens (tertiary/aromatic N) is 1. The number of para-hydroxylation sites is 3. The van der Waals surface area contributed by atoms with Gasteiger partial charge in [-0.2, -0.15) is 0 Å². The van der Waals surface area contributed by atoms with E-state index in [4.69, 9.17) is 4.74 Å². The molecule has 0 atom stereocenters. The molecular formula is C18H18N4O3. The van der Waals surface area contributed by atoms with E-state index in [9.17, 15) is 9.59 Å². The minimum atomic E-state index is -0.354. The first kappa shape index (κ1) is 16.5. The van der Waals surface area contributed by atoms with Crippen molar-refractivity contribution in [2.24, 2.45) is 0 Å². The number of aromatic amines is 1. The molecule has 1 aromatic heterocycles. The highest BCUT2D eigenvalue weighted by Gasteiger charge is 2.11. The summed E-state index contributed by atoms with van der Waals surface area (Å²) >= 11 is 0. The number of benzene rings is 2. The smallest absolute Gasteiger partial charge is 0.245 e. The fourth-order valence-corrected chi connectivity index (χ4v) is 2.49. The van der Waals surface area contributed by atoms with Crippen molar-refractivity contribution in [1.82, 2.24) is 20.8 Å². The molecule has 0 spiro atoms. The van der Waals surface area contributed by atoms with E-state index in [1.807, 2.05) is 36.4 Å². The lowest BCUT2D eigenvalue weighted by molar-refractivity contribution is -0.128. The van der Waals surface area contributed by atoms with Gasteiger partial charge in [0.05, 0.1) is 31.0 Å². The third-order valence-corrected chi connectivity index (χ3v) is 3.65. The van der Waals surface area contributed by atoms with Gasteiger partial charge in [0.25, 0.3) is 0 Å². The van der Waals surface area contributed by atoms with Gasteiger partial charge in [-0.05, 0) is 18.2 Å². The van der Waals surface area contributed by atoms with Crippen LogP contribution in [-0.2, 0) is 22.4 Å². The van der Waals surface area contributed by atoms with Crippen LogP contribution in [0.1, 0.15) is 11.4 Å². The van der Waals surface area contributed by atoms with Crippen LogP contribution in [0.25, 0.3) is 11.0 Å². The average Bonchev–Trinajstić information content (AvgIpc) is 3.02. The van der Waals surface area contributed by atoms with Crippen LogP contribution in [0.2, 0.25) is 0 Å². The van der Waals surface area contributed by atoms with Crippen molar-refractivity contribution in [1.29, 1.82) is 0 Å². The summed E-state index contributed by atoms with van der Waals surface area (Å²) in [5.41, 5.74) is 7.20. The molecule has 0 aliphatic rings. The number of carbonyl (C=O) groups is 2. The second-order valence-electron chi connectivity index (χ2n) is 5.46. The van der Waals surface area contributed by atoms with E-state index >= 15 is 0 Å². The number of aromatic nitrogens is 2. The maximum absolute atomic E-state index is 12.0. The molecule has 3 rings (SSSR count). The summed E-state index contributed by atoms with van der Waals surface area (Å²) in [6, 6.07) is 14.8. The third-order valence-electron chi connectivity index (χ3n) is 3.65.